The van der Waals surface area contributed by atoms with E-state index in [0.717, 1.165) is 111 Å². The van der Waals surface area contributed by atoms with Crippen molar-refractivity contribution in [3.8, 4) is 33.6 Å². The quantitative estimate of drug-likeness (QED) is 0.0410. The first-order chi connectivity index (χ1) is 23.1. The van der Waals surface area contributed by atoms with Crippen LogP contribution in [0.1, 0.15) is 77.0 Å². The third kappa shape index (κ3) is 14.2. The van der Waals surface area contributed by atoms with E-state index in [2.05, 4.69) is 92.4 Å². The molecule has 12 heteroatoms. The lowest BCUT2D eigenvalue weighted by Crippen LogP contribution is -2.32. The Morgan fingerprint density at radius 2 is 0.792 bits per heavy atom. The minimum Gasteiger partial charge on any atom is -0.324 e. The first-order valence-corrected chi connectivity index (χ1v) is 20.7. The zero-order valence-electron chi connectivity index (χ0n) is 27.7. The maximum atomic E-state index is 10.9. The summed E-state index contributed by atoms with van der Waals surface area (Å²) in [5, 5.41) is 0. The van der Waals surface area contributed by atoms with Crippen molar-refractivity contribution in [2.24, 2.45) is 0 Å². The molecule has 0 radical (unpaired) electrons. The summed E-state index contributed by atoms with van der Waals surface area (Å²) in [6.45, 7) is 1.88. The largest absolute Gasteiger partial charge is 0.325 e. The Kier molecular flexibility index (Phi) is 15.1. The van der Waals surface area contributed by atoms with Gasteiger partial charge in [-0.1, -0.05) is 62.8 Å². The van der Waals surface area contributed by atoms with Gasteiger partial charge in [0.05, 0.1) is 11.4 Å². The van der Waals surface area contributed by atoms with Crippen LogP contribution < -0.4 is 9.13 Å². The Morgan fingerprint density at radius 3 is 1.23 bits per heavy atom. The molecule has 4 aromatic rings. The van der Waals surface area contributed by atoms with E-state index in [1.807, 2.05) is 6.07 Å². The monoisotopic (exact) mass is 696 g/mol. The van der Waals surface area contributed by atoms with Gasteiger partial charge in [-0.2, -0.15) is 0 Å². The molecule has 0 atom stereocenters. The van der Waals surface area contributed by atoms with E-state index >= 15 is 0 Å². The molecule has 0 fully saturated rings. The van der Waals surface area contributed by atoms with Gasteiger partial charge in [-0.15, -0.1) is 0 Å². The van der Waals surface area contributed by atoms with Crippen LogP contribution in [0.4, 0.5) is 0 Å². The van der Waals surface area contributed by atoms with Gasteiger partial charge in [-0.25, -0.2) is 19.1 Å². The van der Waals surface area contributed by atoms with Crippen LogP contribution in [0.5, 0.6) is 0 Å². The van der Waals surface area contributed by atoms with Crippen molar-refractivity contribution in [2.75, 3.05) is 12.3 Å². The second-order valence-electron chi connectivity index (χ2n) is 12.5. The predicted octanol–water partition coefficient (Wildman–Crippen LogP) is 7.09. The average Bonchev–Trinajstić information content (AvgIpc) is 3.07. The second-order valence-corrected chi connectivity index (χ2v) is 16.1. The molecule has 10 nitrogen and oxygen atoms in total. The van der Waals surface area contributed by atoms with Gasteiger partial charge in [-0.05, 0) is 42.9 Å². The first-order valence-electron chi connectivity index (χ1n) is 17.1. The van der Waals surface area contributed by atoms with Crippen molar-refractivity contribution in [2.45, 2.75) is 90.1 Å². The van der Waals surface area contributed by atoms with Gasteiger partial charge >= 0.3 is 15.2 Å². The van der Waals surface area contributed by atoms with Crippen LogP contribution in [0, 0.1) is 0 Å². The molecule has 3 aromatic heterocycles. The van der Waals surface area contributed by atoms with E-state index in [-0.39, 0.29) is 12.3 Å². The number of unbranched alkanes of at least 4 members (excludes halogenated alkanes) is 10. The Bertz CT molecular complexity index is 1620. The van der Waals surface area contributed by atoms with Crippen LogP contribution in [0.3, 0.4) is 0 Å². The van der Waals surface area contributed by atoms with Crippen molar-refractivity contribution in [1.82, 2.24) is 9.97 Å². The average molecular weight is 697 g/mol. The SMILES string of the molecule is O=P(O)(O)CCCCCCCC[n+]1ccc(-c2ccc(-c3cc(-c4cc[n+](CCCCCCCCP(=O)(O)O)cc4)ncn3)cc2)cc1. The Balaban J connectivity index is 1.20. The van der Waals surface area contributed by atoms with Gasteiger partial charge in [0.15, 0.2) is 24.8 Å². The van der Waals surface area contributed by atoms with E-state index in [1.54, 1.807) is 6.33 Å². The summed E-state index contributed by atoms with van der Waals surface area (Å²) >= 11 is 0. The van der Waals surface area contributed by atoms with Gasteiger partial charge < -0.3 is 19.6 Å². The highest BCUT2D eigenvalue weighted by atomic mass is 31.2. The Labute approximate surface area is 284 Å². The maximum absolute atomic E-state index is 10.9. The van der Waals surface area contributed by atoms with Gasteiger partial charge in [0.25, 0.3) is 0 Å². The van der Waals surface area contributed by atoms with Crippen molar-refractivity contribution in [1.29, 1.82) is 0 Å². The number of rotatable bonds is 21. The normalized spacial score (nSPS) is 12.0. The fraction of sp³-hybridized carbons (Fsp3) is 0.444. The topological polar surface area (TPSA) is 149 Å². The van der Waals surface area contributed by atoms with Crippen molar-refractivity contribution in [3.05, 3.63) is 85.7 Å². The fourth-order valence-corrected chi connectivity index (χ4v) is 6.99. The number of nitrogens with zero attached hydrogens (tertiary/aromatic N) is 4. The lowest BCUT2D eigenvalue weighted by Gasteiger charge is -2.06. The van der Waals surface area contributed by atoms with Gasteiger partial charge in [-0.3, -0.25) is 9.13 Å². The van der Waals surface area contributed by atoms with Crippen LogP contribution in [-0.2, 0) is 22.2 Å². The zero-order valence-corrected chi connectivity index (χ0v) is 29.5. The number of aromatic nitrogens is 4. The number of hydrogen-bond donors (Lipinski definition) is 4. The summed E-state index contributed by atoms with van der Waals surface area (Å²) < 4.78 is 26.2. The van der Waals surface area contributed by atoms with Crippen molar-refractivity contribution >= 4 is 15.2 Å². The summed E-state index contributed by atoms with van der Waals surface area (Å²) in [5.41, 5.74) is 6.11. The van der Waals surface area contributed by atoms with Crippen LogP contribution in [0.15, 0.2) is 85.7 Å². The van der Waals surface area contributed by atoms with Gasteiger partial charge in [0, 0.05) is 60.6 Å². The van der Waals surface area contributed by atoms with E-state index in [0.29, 0.717) is 12.8 Å². The number of aryl methyl sites for hydroxylation is 2. The highest BCUT2D eigenvalue weighted by molar-refractivity contribution is 7.52. The Morgan fingerprint density at radius 1 is 0.458 bits per heavy atom. The molecule has 0 saturated heterocycles. The van der Waals surface area contributed by atoms with Gasteiger partial charge in [0.1, 0.15) is 19.4 Å². The lowest BCUT2D eigenvalue weighted by molar-refractivity contribution is -0.697. The molecule has 0 amide bonds. The van der Waals surface area contributed by atoms with E-state index in [4.69, 9.17) is 19.6 Å². The summed E-state index contributed by atoms with van der Waals surface area (Å²) in [6, 6.07) is 18.9. The predicted molar refractivity (Wildman–Crippen MR) is 188 cm³/mol. The molecule has 1 aromatic carbocycles. The molecule has 4 N–H and O–H groups in total. The van der Waals surface area contributed by atoms with Crippen LogP contribution in [0.25, 0.3) is 33.6 Å². The molecule has 0 unspecified atom stereocenters. The third-order valence-electron chi connectivity index (χ3n) is 8.49. The highest BCUT2D eigenvalue weighted by Crippen LogP contribution is 2.36. The molecule has 0 spiro atoms. The smallest absolute Gasteiger partial charge is 0.324 e. The Hall–Kier alpha value is -3.10. The molecule has 4 rings (SSSR count). The highest BCUT2D eigenvalue weighted by Gasteiger charge is 2.13. The zero-order chi connectivity index (χ0) is 34.2. The summed E-state index contributed by atoms with van der Waals surface area (Å²) in [7, 11) is -7.71. The van der Waals surface area contributed by atoms with E-state index in [1.165, 1.54) is 0 Å². The maximum Gasteiger partial charge on any atom is 0.325 e. The third-order valence-corrected chi connectivity index (χ3v) is 10.3. The minimum absolute atomic E-state index is 0.00496. The number of hydrogen-bond acceptors (Lipinski definition) is 4. The van der Waals surface area contributed by atoms with Crippen molar-refractivity contribution < 1.29 is 37.8 Å². The van der Waals surface area contributed by atoms with Crippen LogP contribution in [0.2, 0.25) is 0 Å². The van der Waals surface area contributed by atoms with Crippen LogP contribution in [-0.4, -0.2) is 41.9 Å². The first kappa shape index (κ1) is 37.7. The van der Waals surface area contributed by atoms with Gasteiger partial charge in [0.2, 0.25) is 0 Å². The molecule has 0 saturated carbocycles. The standard InChI is InChI=1S/C36H48N4O6P2/c41-47(42,43)27-11-7-3-1-5-9-21-39-23-17-32(18-24-39)31-13-15-33(16-14-31)35-29-36(38-30-37-35)34-19-25-40(26-20-34)22-10-6-2-4-8-12-28-48(44,45)46/h13-20,23-26,29-30H,1-12,21-22,27-28H2,(H2-2,41,42,43,44,45,46)/p+2. The summed E-state index contributed by atoms with van der Waals surface area (Å²) in [5.74, 6) is 0. The summed E-state index contributed by atoms with van der Waals surface area (Å²) in [4.78, 5) is 44.8. The van der Waals surface area contributed by atoms with Crippen LogP contribution >= 0.6 is 15.2 Å². The van der Waals surface area contributed by atoms with Crippen molar-refractivity contribution in [3.63, 3.8) is 0 Å². The molecule has 0 bridgehead atoms. The lowest BCUT2D eigenvalue weighted by atomic mass is 10.0. The molecular formula is C36H50N4O6P2+2. The minimum atomic E-state index is -3.86. The summed E-state index contributed by atoms with van der Waals surface area (Å²) in [6.07, 6.45) is 21.4. The number of benzene rings is 1. The fourth-order valence-electron chi connectivity index (χ4n) is 5.72. The van der Waals surface area contributed by atoms with E-state index in [9.17, 15) is 9.13 Å². The molecular weight excluding hydrogens is 646 g/mol. The number of pyridine rings is 2. The molecule has 3 heterocycles. The molecule has 0 aliphatic heterocycles. The van der Waals surface area contributed by atoms with E-state index < -0.39 is 15.2 Å². The molecule has 0 aliphatic rings. The molecule has 48 heavy (non-hydrogen) atoms. The second kappa shape index (κ2) is 19.2. The molecule has 258 valence electrons. The molecule has 0 aliphatic carbocycles.